The molecule has 0 fully saturated rings. The number of esters is 3. The predicted octanol–water partition coefficient (Wildman–Crippen LogP) is 14.9. The molecule has 0 aliphatic rings. The van der Waals surface area contributed by atoms with Gasteiger partial charge in [-0.1, -0.05) is 182 Å². The fourth-order valence-electron chi connectivity index (χ4n) is 9.35. The van der Waals surface area contributed by atoms with Gasteiger partial charge in [-0.05, 0) is 90.6 Å². The van der Waals surface area contributed by atoms with Crippen LogP contribution in [0.15, 0.2) is 218 Å². The quantitative estimate of drug-likeness (QED) is 0.0312. The lowest BCUT2D eigenvalue weighted by atomic mass is 10.0. The van der Waals surface area contributed by atoms with Gasteiger partial charge in [0, 0.05) is 36.3 Å². The Balaban J connectivity index is 1.23. The standard InChI is InChI=1S/C72H69NO12/c1-4-77-70(74)61-40-64(80-46-52-25-13-7-14-26-52)58(37-67(61)83-49-55-31-19-10-20-32-55)43-73(44-59-38-68(84-50-56-33-21-11-22-34-56)62(71(75)78-5-2)41-65(59)81-47-53-27-15-8-16-28-53)45-60-39-69(85-51-57-35-23-12-24-36-57)63(72(76)79-6-3)42-66(60)82-48-54-29-17-9-18-30-54/h7-42H,4-6,43-51H2,1-3H3. The van der Waals surface area contributed by atoms with Gasteiger partial charge < -0.3 is 42.6 Å². The number of hydrogen-bond donors (Lipinski definition) is 0. The van der Waals surface area contributed by atoms with Gasteiger partial charge in [0.2, 0.25) is 0 Å². The van der Waals surface area contributed by atoms with Crippen LogP contribution in [0.2, 0.25) is 0 Å². The highest BCUT2D eigenvalue weighted by Gasteiger charge is 2.27. The smallest absolute Gasteiger partial charge is 0.342 e. The molecule has 0 aromatic heterocycles. The molecule has 0 spiro atoms. The van der Waals surface area contributed by atoms with Crippen LogP contribution in [0.1, 0.15) is 102 Å². The Bertz CT molecular complexity index is 3190. The maximum atomic E-state index is 14.0. The Labute approximate surface area is 497 Å². The summed E-state index contributed by atoms with van der Waals surface area (Å²) < 4.78 is 57.0. The zero-order valence-electron chi connectivity index (χ0n) is 48.1. The summed E-state index contributed by atoms with van der Waals surface area (Å²) in [4.78, 5) is 44.2. The zero-order valence-corrected chi connectivity index (χ0v) is 48.1. The van der Waals surface area contributed by atoms with Crippen molar-refractivity contribution in [3.8, 4) is 34.5 Å². The minimum atomic E-state index is -0.576. The normalized spacial score (nSPS) is 10.9. The van der Waals surface area contributed by atoms with E-state index in [1.54, 1.807) is 39.0 Å². The molecule has 0 saturated carbocycles. The average molecular weight is 1140 g/mol. The van der Waals surface area contributed by atoms with Crippen molar-refractivity contribution in [2.24, 2.45) is 0 Å². The summed E-state index contributed by atoms with van der Waals surface area (Å²) in [6.45, 7) is 7.07. The lowest BCUT2D eigenvalue weighted by Crippen LogP contribution is -2.24. The van der Waals surface area contributed by atoms with E-state index in [9.17, 15) is 14.4 Å². The van der Waals surface area contributed by atoms with Crippen molar-refractivity contribution < 1.29 is 57.0 Å². The van der Waals surface area contributed by atoms with E-state index in [0.29, 0.717) is 33.9 Å². The maximum Gasteiger partial charge on any atom is 0.342 e. The van der Waals surface area contributed by atoms with E-state index in [2.05, 4.69) is 4.90 Å². The van der Waals surface area contributed by atoms with E-state index in [1.807, 2.05) is 200 Å². The van der Waals surface area contributed by atoms with Gasteiger partial charge in [-0.25, -0.2) is 14.4 Å². The Hall–Kier alpha value is -9.85. The number of nitrogens with zero attached hydrogens (tertiary/aromatic N) is 1. The van der Waals surface area contributed by atoms with E-state index in [-0.39, 0.29) is 113 Å². The van der Waals surface area contributed by atoms with Gasteiger partial charge in [-0.15, -0.1) is 0 Å². The molecule has 0 aliphatic carbocycles. The molecule has 0 aliphatic heterocycles. The minimum absolute atomic E-state index is 0.133. The summed E-state index contributed by atoms with van der Waals surface area (Å²) in [6, 6.07) is 68.9. The molecule has 0 unspecified atom stereocenters. The first kappa shape index (κ1) is 59.8. The van der Waals surface area contributed by atoms with Crippen LogP contribution in [-0.2, 0) is 73.5 Å². The van der Waals surface area contributed by atoms with Gasteiger partial charge in [0.25, 0.3) is 0 Å². The third-order valence-corrected chi connectivity index (χ3v) is 13.6. The molecule has 85 heavy (non-hydrogen) atoms. The number of carbonyl (C=O) groups is 3. The number of rotatable bonds is 30. The molecule has 9 rings (SSSR count). The summed E-state index contributed by atoms with van der Waals surface area (Å²) in [5.74, 6) is 0.337. The largest absolute Gasteiger partial charge is 0.489 e. The van der Waals surface area contributed by atoms with E-state index in [1.165, 1.54) is 0 Å². The van der Waals surface area contributed by atoms with Gasteiger partial charge in [0.1, 0.15) is 90.8 Å². The van der Waals surface area contributed by atoms with E-state index in [0.717, 1.165) is 33.4 Å². The van der Waals surface area contributed by atoms with Gasteiger partial charge in [0.05, 0.1) is 19.8 Å². The average Bonchev–Trinajstić information content (AvgIpc) is 3.45. The lowest BCUT2D eigenvalue weighted by Gasteiger charge is -2.28. The van der Waals surface area contributed by atoms with Crippen molar-refractivity contribution in [1.29, 1.82) is 0 Å². The molecular formula is C72H69NO12. The molecule has 0 heterocycles. The molecule has 9 aromatic rings. The van der Waals surface area contributed by atoms with Crippen LogP contribution in [-0.4, -0.2) is 42.6 Å². The fraction of sp³-hybridized carbons (Fsp3) is 0.208. The molecule has 0 radical (unpaired) electrons. The predicted molar refractivity (Wildman–Crippen MR) is 325 cm³/mol. The first-order valence-electron chi connectivity index (χ1n) is 28.5. The summed E-state index contributed by atoms with van der Waals surface area (Å²) in [7, 11) is 0. The van der Waals surface area contributed by atoms with E-state index in [4.69, 9.17) is 42.6 Å². The van der Waals surface area contributed by atoms with Crippen molar-refractivity contribution >= 4 is 17.9 Å². The van der Waals surface area contributed by atoms with Crippen molar-refractivity contribution in [1.82, 2.24) is 4.90 Å². The van der Waals surface area contributed by atoms with Crippen molar-refractivity contribution in [2.45, 2.75) is 80.0 Å². The van der Waals surface area contributed by atoms with Crippen LogP contribution >= 0.6 is 0 Å². The van der Waals surface area contributed by atoms with Crippen LogP contribution < -0.4 is 28.4 Å². The Morgan fingerprint density at radius 1 is 0.282 bits per heavy atom. The van der Waals surface area contributed by atoms with Crippen molar-refractivity contribution in [3.63, 3.8) is 0 Å². The van der Waals surface area contributed by atoms with Crippen LogP contribution in [0.25, 0.3) is 0 Å². The maximum absolute atomic E-state index is 14.0. The third kappa shape index (κ3) is 17.4. The monoisotopic (exact) mass is 1140 g/mol. The number of hydrogen-bond acceptors (Lipinski definition) is 13. The first-order valence-corrected chi connectivity index (χ1v) is 28.5. The van der Waals surface area contributed by atoms with Gasteiger partial charge in [0.15, 0.2) is 0 Å². The minimum Gasteiger partial charge on any atom is -0.489 e. The Kier molecular flexibility index (Phi) is 21.8. The van der Waals surface area contributed by atoms with Crippen LogP contribution in [0.5, 0.6) is 34.5 Å². The molecule has 13 nitrogen and oxygen atoms in total. The van der Waals surface area contributed by atoms with Crippen LogP contribution in [0.3, 0.4) is 0 Å². The SMILES string of the molecule is CCOC(=O)c1cc(OCc2ccccc2)c(CN(Cc2cc(OCc3ccccc3)c(C(=O)OCC)cc2OCc2ccccc2)Cc2cc(OCc3ccccc3)c(C(=O)OCC)cc2OCc2ccccc2)cc1OCc1ccccc1. The Morgan fingerprint density at radius 2 is 0.482 bits per heavy atom. The number of carbonyl (C=O) groups excluding carboxylic acids is 3. The highest BCUT2D eigenvalue weighted by molar-refractivity contribution is 5.94. The molecule has 0 atom stereocenters. The molecular weight excluding hydrogens is 1070 g/mol. The van der Waals surface area contributed by atoms with Crippen LogP contribution in [0.4, 0.5) is 0 Å². The highest BCUT2D eigenvalue weighted by atomic mass is 16.5. The topological polar surface area (TPSA) is 138 Å². The first-order chi connectivity index (χ1) is 41.7. The lowest BCUT2D eigenvalue weighted by molar-refractivity contribution is 0.0510. The van der Waals surface area contributed by atoms with Crippen molar-refractivity contribution in [3.05, 3.63) is 285 Å². The van der Waals surface area contributed by atoms with Gasteiger partial charge >= 0.3 is 17.9 Å². The van der Waals surface area contributed by atoms with Gasteiger partial charge in [-0.3, -0.25) is 4.90 Å². The fourth-order valence-corrected chi connectivity index (χ4v) is 9.35. The molecule has 9 aromatic carbocycles. The third-order valence-electron chi connectivity index (χ3n) is 13.6. The molecule has 13 heteroatoms. The molecule has 0 bridgehead atoms. The second-order valence-corrected chi connectivity index (χ2v) is 19.8. The molecule has 0 amide bonds. The summed E-state index contributed by atoms with van der Waals surface area (Å²) in [6.07, 6.45) is 0. The molecule has 434 valence electrons. The second kappa shape index (κ2) is 31.0. The summed E-state index contributed by atoms with van der Waals surface area (Å²) in [5, 5.41) is 0. The molecule has 0 saturated heterocycles. The summed E-state index contributed by atoms with van der Waals surface area (Å²) in [5.41, 5.74) is 7.91. The van der Waals surface area contributed by atoms with E-state index >= 15 is 0 Å². The van der Waals surface area contributed by atoms with Crippen molar-refractivity contribution in [2.75, 3.05) is 19.8 Å². The number of benzene rings is 9. The Morgan fingerprint density at radius 3 is 0.682 bits per heavy atom. The zero-order chi connectivity index (χ0) is 59.0. The number of ether oxygens (including phenoxy) is 9. The second-order valence-electron chi connectivity index (χ2n) is 19.8. The highest BCUT2D eigenvalue weighted by Crippen LogP contribution is 2.38. The van der Waals surface area contributed by atoms with Crippen LogP contribution in [0, 0.1) is 0 Å². The molecule has 0 N–H and O–H groups in total. The summed E-state index contributed by atoms with van der Waals surface area (Å²) >= 11 is 0. The van der Waals surface area contributed by atoms with Gasteiger partial charge in [-0.2, -0.15) is 0 Å². The van der Waals surface area contributed by atoms with E-state index < -0.39 is 17.9 Å².